The van der Waals surface area contributed by atoms with Gasteiger partial charge in [-0.25, -0.2) is 0 Å². The summed E-state index contributed by atoms with van der Waals surface area (Å²) in [5, 5.41) is 4.34. The second-order valence-corrected chi connectivity index (χ2v) is 7.20. The lowest BCUT2D eigenvalue weighted by Gasteiger charge is -2.26. The maximum atomic E-state index is 12.9. The first kappa shape index (κ1) is 17.9. The van der Waals surface area contributed by atoms with Crippen molar-refractivity contribution in [3.05, 3.63) is 77.4 Å². The molecular formula is C23H20N2O3. The number of hydrogen-bond donors (Lipinski definition) is 1. The van der Waals surface area contributed by atoms with Gasteiger partial charge < -0.3 is 5.32 Å². The minimum atomic E-state index is -0.443. The first-order valence-corrected chi connectivity index (χ1v) is 9.24. The number of nitrogens with zero attached hydrogens (tertiary/aromatic N) is 1. The number of anilines is 1. The second kappa shape index (κ2) is 6.93. The molecule has 140 valence electrons. The lowest BCUT2D eigenvalue weighted by molar-refractivity contribution is -0.116. The van der Waals surface area contributed by atoms with E-state index in [1.807, 2.05) is 50.2 Å². The molecule has 3 amide bonds. The van der Waals surface area contributed by atoms with Crippen molar-refractivity contribution in [1.82, 2.24) is 4.90 Å². The van der Waals surface area contributed by atoms with E-state index in [-0.39, 0.29) is 12.5 Å². The van der Waals surface area contributed by atoms with E-state index in [2.05, 4.69) is 5.32 Å². The van der Waals surface area contributed by atoms with E-state index in [1.54, 1.807) is 24.3 Å². The van der Waals surface area contributed by atoms with Crippen molar-refractivity contribution in [3.8, 4) is 0 Å². The highest BCUT2D eigenvalue weighted by Crippen LogP contribution is 2.30. The molecule has 0 radical (unpaired) electrons. The van der Waals surface area contributed by atoms with Crippen LogP contribution >= 0.6 is 0 Å². The monoisotopic (exact) mass is 372 g/mol. The summed E-state index contributed by atoms with van der Waals surface area (Å²) < 4.78 is 0. The van der Waals surface area contributed by atoms with Crippen LogP contribution in [0.15, 0.2) is 60.7 Å². The van der Waals surface area contributed by atoms with Crippen LogP contribution in [0.3, 0.4) is 0 Å². The molecule has 0 spiro atoms. The minimum Gasteiger partial charge on any atom is -0.324 e. The van der Waals surface area contributed by atoms with Crippen molar-refractivity contribution in [2.24, 2.45) is 0 Å². The molecule has 0 fully saturated rings. The molecule has 1 N–H and O–H groups in total. The van der Waals surface area contributed by atoms with E-state index in [0.29, 0.717) is 22.2 Å². The van der Waals surface area contributed by atoms with Crippen LogP contribution in [0.1, 0.15) is 46.0 Å². The maximum Gasteiger partial charge on any atom is 0.261 e. The summed E-state index contributed by atoms with van der Waals surface area (Å²) in [5.41, 5.74) is 2.59. The number of carbonyl (C=O) groups is 3. The van der Waals surface area contributed by atoms with Gasteiger partial charge in [0, 0.05) is 22.2 Å². The van der Waals surface area contributed by atoms with Gasteiger partial charge in [0.25, 0.3) is 11.8 Å². The molecule has 0 aromatic heterocycles. The van der Waals surface area contributed by atoms with Crippen molar-refractivity contribution >= 4 is 34.2 Å². The molecule has 5 heteroatoms. The Labute approximate surface area is 163 Å². The third kappa shape index (κ3) is 2.95. The number of benzene rings is 3. The van der Waals surface area contributed by atoms with Crippen LogP contribution in [0, 0.1) is 0 Å². The van der Waals surface area contributed by atoms with Gasteiger partial charge in [0.2, 0.25) is 5.91 Å². The zero-order valence-corrected chi connectivity index (χ0v) is 15.7. The van der Waals surface area contributed by atoms with Gasteiger partial charge in [-0.3, -0.25) is 19.3 Å². The van der Waals surface area contributed by atoms with Gasteiger partial charge in [0.05, 0.1) is 0 Å². The molecule has 0 saturated carbocycles. The smallest absolute Gasteiger partial charge is 0.261 e. The van der Waals surface area contributed by atoms with Crippen LogP contribution in [0.4, 0.5) is 5.69 Å². The predicted molar refractivity (Wildman–Crippen MR) is 108 cm³/mol. The number of carbonyl (C=O) groups excluding carboxylic acids is 3. The average Bonchev–Trinajstić information content (AvgIpc) is 2.69. The summed E-state index contributed by atoms with van der Waals surface area (Å²) >= 11 is 0. The van der Waals surface area contributed by atoms with Gasteiger partial charge >= 0.3 is 0 Å². The van der Waals surface area contributed by atoms with Gasteiger partial charge in [-0.1, -0.05) is 56.3 Å². The van der Waals surface area contributed by atoms with Crippen LogP contribution in [-0.2, 0) is 4.79 Å². The Morgan fingerprint density at radius 1 is 0.893 bits per heavy atom. The van der Waals surface area contributed by atoms with E-state index < -0.39 is 17.7 Å². The molecule has 0 saturated heterocycles. The van der Waals surface area contributed by atoms with Crippen LogP contribution < -0.4 is 5.32 Å². The molecule has 28 heavy (non-hydrogen) atoms. The fourth-order valence-corrected chi connectivity index (χ4v) is 3.67. The molecule has 1 aliphatic rings. The number of amides is 3. The summed E-state index contributed by atoms with van der Waals surface area (Å²) in [4.78, 5) is 39.5. The molecule has 4 rings (SSSR count). The maximum absolute atomic E-state index is 12.9. The Morgan fingerprint density at radius 2 is 1.50 bits per heavy atom. The fourth-order valence-electron chi connectivity index (χ4n) is 3.67. The molecule has 3 aromatic carbocycles. The van der Waals surface area contributed by atoms with Crippen LogP contribution in [-0.4, -0.2) is 29.2 Å². The number of nitrogens with one attached hydrogen (secondary N) is 1. The van der Waals surface area contributed by atoms with Gasteiger partial charge in [-0.2, -0.15) is 0 Å². The van der Waals surface area contributed by atoms with Gasteiger partial charge in [-0.15, -0.1) is 0 Å². The molecular weight excluding hydrogens is 352 g/mol. The molecule has 0 aliphatic carbocycles. The third-order valence-electron chi connectivity index (χ3n) is 5.01. The summed E-state index contributed by atoms with van der Waals surface area (Å²) in [6.45, 7) is 3.76. The highest BCUT2D eigenvalue weighted by Gasteiger charge is 2.33. The first-order valence-electron chi connectivity index (χ1n) is 9.24. The lowest BCUT2D eigenvalue weighted by Crippen LogP contribution is -2.44. The normalized spacial score (nSPS) is 13.3. The average molecular weight is 372 g/mol. The largest absolute Gasteiger partial charge is 0.324 e. The van der Waals surface area contributed by atoms with Crippen LogP contribution in [0.5, 0.6) is 0 Å². The fraction of sp³-hybridized carbons (Fsp3) is 0.174. The molecule has 3 aromatic rings. The molecule has 0 bridgehead atoms. The predicted octanol–water partition coefficient (Wildman–Crippen LogP) is 4.20. The SMILES string of the molecule is CC(C)c1ccccc1NC(=O)CN1C(=O)c2cccc3cccc(c23)C1=O. The summed E-state index contributed by atoms with van der Waals surface area (Å²) in [6, 6.07) is 18.2. The Kier molecular flexibility index (Phi) is 4.43. The summed E-state index contributed by atoms with van der Waals surface area (Å²) in [5.74, 6) is -1.05. The van der Waals surface area contributed by atoms with Crippen molar-refractivity contribution < 1.29 is 14.4 Å². The number of rotatable bonds is 4. The topological polar surface area (TPSA) is 66.5 Å². The molecule has 1 heterocycles. The van der Waals surface area contributed by atoms with E-state index in [9.17, 15) is 14.4 Å². The Bertz CT molecular complexity index is 1070. The summed E-state index contributed by atoms with van der Waals surface area (Å²) in [6.07, 6.45) is 0. The number of imide groups is 1. The van der Waals surface area contributed by atoms with E-state index in [1.165, 1.54) is 0 Å². The van der Waals surface area contributed by atoms with Gasteiger partial charge in [0.1, 0.15) is 6.54 Å². The second-order valence-electron chi connectivity index (χ2n) is 7.20. The highest BCUT2D eigenvalue weighted by atomic mass is 16.2. The van der Waals surface area contributed by atoms with E-state index in [4.69, 9.17) is 0 Å². The Morgan fingerprint density at radius 3 is 2.11 bits per heavy atom. The summed E-state index contributed by atoms with van der Waals surface area (Å²) in [7, 11) is 0. The zero-order valence-electron chi connectivity index (χ0n) is 15.7. The molecule has 0 unspecified atom stereocenters. The van der Waals surface area contributed by atoms with Crippen molar-refractivity contribution in [2.45, 2.75) is 19.8 Å². The quantitative estimate of drug-likeness (QED) is 0.698. The molecule has 5 nitrogen and oxygen atoms in total. The Balaban J connectivity index is 1.62. The van der Waals surface area contributed by atoms with E-state index in [0.717, 1.165) is 15.8 Å². The van der Waals surface area contributed by atoms with Gasteiger partial charge in [0.15, 0.2) is 0 Å². The number of para-hydroxylation sites is 1. The van der Waals surface area contributed by atoms with Crippen molar-refractivity contribution in [3.63, 3.8) is 0 Å². The highest BCUT2D eigenvalue weighted by molar-refractivity contribution is 6.26. The minimum absolute atomic E-state index is 0.235. The van der Waals surface area contributed by atoms with Crippen LogP contribution in [0.2, 0.25) is 0 Å². The standard InChI is InChI=1S/C23H20N2O3/c1-14(2)16-9-3-4-12-19(16)24-20(26)13-25-22(27)17-10-5-7-15-8-6-11-18(21(15)17)23(25)28/h3-12,14H,13H2,1-2H3,(H,24,26). The van der Waals surface area contributed by atoms with Gasteiger partial charge in [-0.05, 0) is 35.1 Å². The van der Waals surface area contributed by atoms with Crippen molar-refractivity contribution in [2.75, 3.05) is 11.9 Å². The van der Waals surface area contributed by atoms with Crippen LogP contribution in [0.25, 0.3) is 10.8 Å². The third-order valence-corrected chi connectivity index (χ3v) is 5.01. The molecule has 0 atom stereocenters. The van der Waals surface area contributed by atoms with E-state index >= 15 is 0 Å². The Hall–Kier alpha value is -3.47. The lowest BCUT2D eigenvalue weighted by atomic mass is 9.94. The number of hydrogen-bond acceptors (Lipinski definition) is 3. The zero-order chi connectivity index (χ0) is 19.8. The first-order chi connectivity index (χ1) is 13.5. The molecule has 1 aliphatic heterocycles. The van der Waals surface area contributed by atoms with Crippen molar-refractivity contribution in [1.29, 1.82) is 0 Å².